The van der Waals surface area contributed by atoms with Gasteiger partial charge in [0.15, 0.2) is 0 Å². The van der Waals surface area contributed by atoms with Crippen LogP contribution < -0.4 is 0 Å². The van der Waals surface area contributed by atoms with E-state index in [1.165, 1.54) is 0 Å². The Morgan fingerprint density at radius 2 is 1.55 bits per heavy atom. The normalized spacial score (nSPS) is 8.91. The second kappa shape index (κ2) is 10.3. The Morgan fingerprint density at radius 3 is 1.82 bits per heavy atom. The molecule has 0 heterocycles. The molecule has 0 atom stereocenters. The predicted octanol–water partition coefficient (Wildman–Crippen LogP) is 1.61. The fourth-order valence-corrected chi connectivity index (χ4v) is 0.811. The molecule has 0 fully saturated rings. The van der Waals surface area contributed by atoms with E-state index in [9.17, 15) is 0 Å². The van der Waals surface area contributed by atoms with Gasteiger partial charge >= 0.3 is 8.60 Å². The van der Waals surface area contributed by atoms with E-state index in [-0.39, 0.29) is 16.8 Å². The first-order chi connectivity index (χ1) is 4.81. The van der Waals surface area contributed by atoms with E-state index in [4.69, 9.17) is 13.9 Å². The van der Waals surface area contributed by atoms with E-state index >= 15 is 0 Å². The number of hydrogen-bond acceptors (Lipinski definition) is 3. The van der Waals surface area contributed by atoms with Crippen molar-refractivity contribution in [1.29, 1.82) is 0 Å². The monoisotopic (exact) mass is 221 g/mol. The van der Waals surface area contributed by atoms with Crippen LogP contribution in [0.4, 0.5) is 0 Å². The average molecular weight is 221 g/mol. The Bertz CT molecular complexity index is 98.0. The molecule has 0 saturated heterocycles. The van der Waals surface area contributed by atoms with Gasteiger partial charge in [-0.05, 0) is 0 Å². The maximum atomic E-state index is 8.84. The van der Waals surface area contributed by atoms with Crippen LogP contribution in [0.2, 0.25) is 0 Å². The van der Waals surface area contributed by atoms with Gasteiger partial charge in [0.2, 0.25) is 0 Å². The molecule has 0 rings (SSSR count). The van der Waals surface area contributed by atoms with Gasteiger partial charge in [0.05, 0.1) is 13.2 Å². The zero-order chi connectivity index (χ0) is 7.82. The summed E-state index contributed by atoms with van der Waals surface area (Å²) in [6.07, 6.45) is 3.09. The molecular weight excluding hydrogens is 210 g/mol. The summed E-state index contributed by atoms with van der Waals surface area (Å²) in [4.78, 5) is 8.84. The van der Waals surface area contributed by atoms with Crippen LogP contribution >= 0.6 is 8.60 Å². The van der Waals surface area contributed by atoms with Gasteiger partial charge < -0.3 is 13.9 Å². The van der Waals surface area contributed by atoms with E-state index < -0.39 is 8.60 Å². The van der Waals surface area contributed by atoms with E-state index in [0.717, 1.165) is 0 Å². The molecule has 3 nitrogen and oxygen atoms in total. The van der Waals surface area contributed by atoms with Crippen LogP contribution in [0, 0.1) is 0 Å². The summed E-state index contributed by atoms with van der Waals surface area (Å²) in [6.45, 7) is 7.43. The summed E-state index contributed by atoms with van der Waals surface area (Å²) >= 11 is 0. The van der Waals surface area contributed by atoms with Gasteiger partial charge in [-0.2, -0.15) is 0 Å². The molecule has 5 heteroatoms. The quantitative estimate of drug-likeness (QED) is 0.547. The Kier molecular flexibility index (Phi) is 13.0. The molecule has 0 aliphatic rings. The first-order valence-electron chi connectivity index (χ1n) is 2.78. The SMILES string of the molecule is C=CCOP(O)OCC=C.[Co]. The molecule has 0 aromatic rings. The van der Waals surface area contributed by atoms with Crippen LogP contribution in [0.25, 0.3) is 0 Å². The molecule has 0 aromatic carbocycles. The molecule has 0 aliphatic heterocycles. The third kappa shape index (κ3) is 10.3. The van der Waals surface area contributed by atoms with Crippen molar-refractivity contribution >= 4 is 8.60 Å². The van der Waals surface area contributed by atoms with Crippen molar-refractivity contribution in [3.63, 3.8) is 0 Å². The van der Waals surface area contributed by atoms with E-state index in [2.05, 4.69) is 13.2 Å². The molecule has 0 aliphatic carbocycles. The maximum absolute atomic E-state index is 8.84. The summed E-state index contributed by atoms with van der Waals surface area (Å²) in [6, 6.07) is 0. The van der Waals surface area contributed by atoms with Gasteiger partial charge in [-0.25, -0.2) is 0 Å². The zero-order valence-corrected chi connectivity index (χ0v) is 7.96. The molecule has 0 unspecified atom stereocenters. The first kappa shape index (κ1) is 13.9. The van der Waals surface area contributed by atoms with Gasteiger partial charge in [-0.3, -0.25) is 0 Å². The van der Waals surface area contributed by atoms with Crippen LogP contribution in [0.5, 0.6) is 0 Å². The minimum atomic E-state index is -1.73. The smallest absolute Gasteiger partial charge is 0.328 e. The molecular formula is C6H11CoO3P. The fourth-order valence-electron chi connectivity index (χ4n) is 0.270. The van der Waals surface area contributed by atoms with Crippen LogP contribution in [0.1, 0.15) is 0 Å². The molecule has 67 valence electrons. The Hall–Kier alpha value is 0.296. The van der Waals surface area contributed by atoms with E-state index in [0.29, 0.717) is 13.2 Å². The Labute approximate surface area is 78.3 Å². The minimum Gasteiger partial charge on any atom is -0.328 e. The van der Waals surface area contributed by atoms with Crippen molar-refractivity contribution in [1.82, 2.24) is 0 Å². The van der Waals surface area contributed by atoms with Crippen molar-refractivity contribution in [2.75, 3.05) is 13.2 Å². The van der Waals surface area contributed by atoms with E-state index in [1.807, 2.05) is 0 Å². The topological polar surface area (TPSA) is 38.7 Å². The second-order valence-corrected chi connectivity index (χ2v) is 2.40. The molecule has 11 heavy (non-hydrogen) atoms. The molecule has 0 amide bonds. The largest absolute Gasteiger partial charge is 0.330 e. The van der Waals surface area contributed by atoms with Crippen LogP contribution in [-0.4, -0.2) is 18.1 Å². The zero-order valence-electron chi connectivity index (χ0n) is 6.03. The van der Waals surface area contributed by atoms with Crippen molar-refractivity contribution < 1.29 is 30.7 Å². The maximum Gasteiger partial charge on any atom is 0.330 e. The number of hydrogen-bond donors (Lipinski definition) is 1. The third-order valence-electron chi connectivity index (χ3n) is 0.606. The first-order valence-corrected chi connectivity index (χ1v) is 3.91. The summed E-state index contributed by atoms with van der Waals surface area (Å²) < 4.78 is 9.45. The summed E-state index contributed by atoms with van der Waals surface area (Å²) in [5.74, 6) is 0. The van der Waals surface area contributed by atoms with Gasteiger partial charge in [0.1, 0.15) is 0 Å². The molecule has 0 spiro atoms. The van der Waals surface area contributed by atoms with Gasteiger partial charge in [-0.15, -0.1) is 13.2 Å². The molecule has 0 aromatic heterocycles. The summed E-state index contributed by atoms with van der Waals surface area (Å²) in [5.41, 5.74) is 0. The minimum absolute atomic E-state index is 0. The molecule has 1 radical (unpaired) electrons. The molecule has 0 bridgehead atoms. The molecule has 1 N–H and O–H groups in total. The van der Waals surface area contributed by atoms with Crippen molar-refractivity contribution in [3.05, 3.63) is 25.3 Å². The second-order valence-electron chi connectivity index (χ2n) is 1.41. The fraction of sp³-hybridized carbons (Fsp3) is 0.333. The van der Waals surface area contributed by atoms with Crippen LogP contribution in [0.15, 0.2) is 25.3 Å². The van der Waals surface area contributed by atoms with Crippen molar-refractivity contribution in [3.8, 4) is 0 Å². The third-order valence-corrected chi connectivity index (χ3v) is 1.35. The summed E-state index contributed by atoms with van der Waals surface area (Å²) in [7, 11) is -1.73. The Balaban J connectivity index is 0. The average Bonchev–Trinajstić information content (AvgIpc) is 1.97. The van der Waals surface area contributed by atoms with Crippen LogP contribution in [0.3, 0.4) is 0 Å². The molecule has 0 saturated carbocycles. The van der Waals surface area contributed by atoms with Gasteiger partial charge in [-0.1, -0.05) is 12.2 Å². The van der Waals surface area contributed by atoms with Crippen molar-refractivity contribution in [2.24, 2.45) is 0 Å². The Morgan fingerprint density at radius 1 is 1.18 bits per heavy atom. The standard InChI is InChI=1S/C6H11O3P.Co/c1-3-5-8-10(7)9-6-4-2;/h3-4,7H,1-2,5-6H2;. The predicted molar refractivity (Wildman–Crippen MR) is 41.4 cm³/mol. The van der Waals surface area contributed by atoms with Crippen LogP contribution in [-0.2, 0) is 25.8 Å². The van der Waals surface area contributed by atoms with Gasteiger partial charge in [0, 0.05) is 16.8 Å². The van der Waals surface area contributed by atoms with Gasteiger partial charge in [0.25, 0.3) is 0 Å². The van der Waals surface area contributed by atoms with Crippen molar-refractivity contribution in [2.45, 2.75) is 0 Å². The van der Waals surface area contributed by atoms with E-state index in [1.54, 1.807) is 12.2 Å². The summed E-state index contributed by atoms with van der Waals surface area (Å²) in [5, 5.41) is 0. The number of rotatable bonds is 6.